The molecule has 0 fully saturated rings. The third-order valence-corrected chi connectivity index (χ3v) is 3.15. The first kappa shape index (κ1) is 15.4. The van der Waals surface area contributed by atoms with E-state index in [2.05, 4.69) is 22.2 Å². The van der Waals surface area contributed by atoms with Crippen LogP contribution < -0.4 is 14.8 Å². The molecule has 1 aromatic carbocycles. The molecule has 112 valence electrons. The van der Waals surface area contributed by atoms with Crippen molar-refractivity contribution in [2.45, 2.75) is 20.3 Å². The summed E-state index contributed by atoms with van der Waals surface area (Å²) in [5, 5.41) is 3.36. The van der Waals surface area contributed by atoms with Crippen LogP contribution in [0.5, 0.6) is 17.4 Å². The van der Waals surface area contributed by atoms with Crippen LogP contribution in [-0.4, -0.2) is 23.6 Å². The van der Waals surface area contributed by atoms with Gasteiger partial charge in [0.25, 0.3) is 0 Å². The lowest BCUT2D eigenvalue weighted by atomic mass is 10.1. The Bertz CT molecular complexity index is 620. The number of hydrogen-bond donors (Lipinski definition) is 1. The molecular formula is C15H18ClN3O2. The number of methoxy groups -OCH3 is 1. The molecule has 1 N–H and O–H groups in total. The number of aryl methyl sites for hydroxylation is 1. The summed E-state index contributed by atoms with van der Waals surface area (Å²) < 4.78 is 11.1. The lowest BCUT2D eigenvalue weighted by molar-refractivity contribution is 0.373. The van der Waals surface area contributed by atoms with Crippen molar-refractivity contribution >= 4 is 17.5 Å². The number of nitrogens with one attached hydrogen (secondary N) is 1. The molecule has 0 spiro atoms. The molecular weight excluding hydrogens is 290 g/mol. The first-order chi connectivity index (χ1) is 10.2. The molecule has 2 aromatic rings. The Kier molecular flexibility index (Phi) is 5.22. The number of aromatic nitrogens is 2. The Morgan fingerprint density at radius 1 is 1.24 bits per heavy atom. The summed E-state index contributed by atoms with van der Waals surface area (Å²) >= 11 is 6.08. The molecule has 2 rings (SSSR count). The second kappa shape index (κ2) is 7.13. The molecule has 0 bridgehead atoms. The number of benzene rings is 1. The maximum atomic E-state index is 6.08. The summed E-state index contributed by atoms with van der Waals surface area (Å²) in [5.41, 5.74) is 1.17. The highest BCUT2D eigenvalue weighted by Gasteiger charge is 2.11. The minimum atomic E-state index is 0.296. The minimum absolute atomic E-state index is 0.296. The Balaban J connectivity index is 2.31. The predicted molar refractivity (Wildman–Crippen MR) is 83.7 cm³/mol. The topological polar surface area (TPSA) is 56.3 Å². The normalized spacial score (nSPS) is 10.3. The van der Waals surface area contributed by atoms with Gasteiger partial charge in [-0.3, -0.25) is 0 Å². The summed E-state index contributed by atoms with van der Waals surface area (Å²) in [6, 6.07) is 5.77. The molecule has 0 aliphatic rings. The van der Waals surface area contributed by atoms with Gasteiger partial charge >= 0.3 is 0 Å². The van der Waals surface area contributed by atoms with Crippen molar-refractivity contribution < 1.29 is 9.47 Å². The van der Waals surface area contributed by atoms with Gasteiger partial charge in [0.2, 0.25) is 11.8 Å². The van der Waals surface area contributed by atoms with E-state index in [1.165, 1.54) is 11.8 Å². The SMILES string of the molecule is CCNc1ncc(Cl)c(Oc2ccc(CC)cc2OC)n1. The van der Waals surface area contributed by atoms with Crippen LogP contribution in [0, 0.1) is 0 Å². The number of ether oxygens (including phenoxy) is 2. The molecule has 5 nitrogen and oxygen atoms in total. The smallest absolute Gasteiger partial charge is 0.243 e. The predicted octanol–water partition coefficient (Wildman–Crippen LogP) is 3.93. The van der Waals surface area contributed by atoms with Crippen molar-refractivity contribution in [2.75, 3.05) is 19.0 Å². The van der Waals surface area contributed by atoms with Gasteiger partial charge in [-0.05, 0) is 31.0 Å². The molecule has 0 saturated carbocycles. The number of rotatable bonds is 6. The Morgan fingerprint density at radius 2 is 2.05 bits per heavy atom. The highest BCUT2D eigenvalue weighted by Crippen LogP contribution is 2.34. The molecule has 0 radical (unpaired) electrons. The van der Waals surface area contributed by atoms with Crippen LogP contribution in [0.3, 0.4) is 0 Å². The first-order valence-electron chi connectivity index (χ1n) is 6.79. The second-order valence-electron chi connectivity index (χ2n) is 4.32. The van der Waals surface area contributed by atoms with Crippen molar-refractivity contribution in [3.63, 3.8) is 0 Å². The van der Waals surface area contributed by atoms with Crippen molar-refractivity contribution in [1.82, 2.24) is 9.97 Å². The van der Waals surface area contributed by atoms with Gasteiger partial charge in [-0.15, -0.1) is 0 Å². The van der Waals surface area contributed by atoms with Crippen LogP contribution in [0.1, 0.15) is 19.4 Å². The maximum Gasteiger partial charge on any atom is 0.243 e. The monoisotopic (exact) mass is 307 g/mol. The highest BCUT2D eigenvalue weighted by molar-refractivity contribution is 6.31. The van der Waals surface area contributed by atoms with Crippen molar-refractivity contribution in [3.05, 3.63) is 35.0 Å². The van der Waals surface area contributed by atoms with Gasteiger partial charge in [0.15, 0.2) is 11.5 Å². The molecule has 0 saturated heterocycles. The lowest BCUT2D eigenvalue weighted by Gasteiger charge is -2.12. The van der Waals surface area contributed by atoms with E-state index in [0.717, 1.165) is 13.0 Å². The van der Waals surface area contributed by atoms with E-state index >= 15 is 0 Å². The maximum absolute atomic E-state index is 6.08. The zero-order valence-electron chi connectivity index (χ0n) is 12.3. The molecule has 0 aliphatic heterocycles. The summed E-state index contributed by atoms with van der Waals surface area (Å²) in [6.07, 6.45) is 2.43. The van der Waals surface area contributed by atoms with Crippen LogP contribution >= 0.6 is 11.6 Å². The molecule has 1 aromatic heterocycles. The van der Waals surface area contributed by atoms with Gasteiger partial charge in [-0.25, -0.2) is 4.98 Å². The Hall–Kier alpha value is -2.01. The van der Waals surface area contributed by atoms with Crippen LogP contribution in [-0.2, 0) is 6.42 Å². The third kappa shape index (κ3) is 3.76. The fourth-order valence-corrected chi connectivity index (χ4v) is 1.92. The van der Waals surface area contributed by atoms with Crippen molar-refractivity contribution in [3.8, 4) is 17.4 Å². The van der Waals surface area contributed by atoms with Gasteiger partial charge in [-0.1, -0.05) is 24.6 Å². The number of anilines is 1. The third-order valence-electron chi connectivity index (χ3n) is 2.89. The minimum Gasteiger partial charge on any atom is -0.493 e. The van der Waals surface area contributed by atoms with E-state index in [4.69, 9.17) is 21.1 Å². The molecule has 0 unspecified atom stereocenters. The summed E-state index contributed by atoms with van der Waals surface area (Å²) in [5.74, 6) is 1.98. The average molecular weight is 308 g/mol. The van der Waals surface area contributed by atoms with E-state index in [-0.39, 0.29) is 0 Å². The van der Waals surface area contributed by atoms with Gasteiger partial charge in [0, 0.05) is 6.54 Å². The van der Waals surface area contributed by atoms with E-state index in [1.54, 1.807) is 7.11 Å². The zero-order chi connectivity index (χ0) is 15.2. The molecule has 6 heteroatoms. The fraction of sp³-hybridized carbons (Fsp3) is 0.333. The second-order valence-corrected chi connectivity index (χ2v) is 4.73. The summed E-state index contributed by atoms with van der Waals surface area (Å²) in [7, 11) is 1.60. The quantitative estimate of drug-likeness (QED) is 0.876. The van der Waals surface area contributed by atoms with E-state index in [9.17, 15) is 0 Å². The standard InChI is InChI=1S/C15H18ClN3O2/c1-4-10-6-7-12(13(8-10)20-3)21-14-11(16)9-18-15(19-14)17-5-2/h6-9H,4-5H2,1-3H3,(H,17,18,19). The number of hydrogen-bond acceptors (Lipinski definition) is 5. The van der Waals surface area contributed by atoms with Crippen molar-refractivity contribution in [1.29, 1.82) is 0 Å². The molecule has 0 atom stereocenters. The molecule has 21 heavy (non-hydrogen) atoms. The first-order valence-corrected chi connectivity index (χ1v) is 7.16. The highest BCUT2D eigenvalue weighted by atomic mass is 35.5. The Morgan fingerprint density at radius 3 is 2.71 bits per heavy atom. The van der Waals surface area contributed by atoms with Crippen LogP contribution in [0.4, 0.5) is 5.95 Å². The summed E-state index contributed by atoms with van der Waals surface area (Å²) in [6.45, 7) is 4.76. The number of halogens is 1. The van der Waals surface area contributed by atoms with Gasteiger partial charge in [0.1, 0.15) is 5.02 Å². The van der Waals surface area contributed by atoms with Crippen LogP contribution in [0.15, 0.2) is 24.4 Å². The fourth-order valence-electron chi connectivity index (χ4n) is 1.79. The van der Waals surface area contributed by atoms with E-state index in [0.29, 0.717) is 28.3 Å². The largest absolute Gasteiger partial charge is 0.493 e. The van der Waals surface area contributed by atoms with Gasteiger partial charge in [0.05, 0.1) is 13.3 Å². The van der Waals surface area contributed by atoms with Gasteiger partial charge in [-0.2, -0.15) is 4.98 Å². The molecule has 0 amide bonds. The van der Waals surface area contributed by atoms with Gasteiger partial charge < -0.3 is 14.8 Å². The average Bonchev–Trinajstić information content (AvgIpc) is 2.51. The van der Waals surface area contributed by atoms with Crippen LogP contribution in [0.2, 0.25) is 5.02 Å². The molecule has 0 aliphatic carbocycles. The number of nitrogens with zero attached hydrogens (tertiary/aromatic N) is 2. The molecule has 1 heterocycles. The van der Waals surface area contributed by atoms with Crippen LogP contribution in [0.25, 0.3) is 0 Å². The Labute approximate surface area is 129 Å². The van der Waals surface area contributed by atoms with E-state index < -0.39 is 0 Å². The van der Waals surface area contributed by atoms with Crippen molar-refractivity contribution in [2.24, 2.45) is 0 Å². The summed E-state index contributed by atoms with van der Waals surface area (Å²) in [4.78, 5) is 8.32. The zero-order valence-corrected chi connectivity index (χ0v) is 13.1. The van der Waals surface area contributed by atoms with E-state index in [1.807, 2.05) is 25.1 Å². The lowest BCUT2D eigenvalue weighted by Crippen LogP contribution is -2.03.